The topological polar surface area (TPSA) is 50.4 Å². The fourth-order valence-electron chi connectivity index (χ4n) is 2.49. The van der Waals surface area contributed by atoms with Crippen LogP contribution in [0.4, 0.5) is 4.79 Å². The average Bonchev–Trinajstić information content (AvgIpc) is 2.99. The molecule has 1 aromatic rings. The van der Waals surface area contributed by atoms with E-state index < -0.39 is 0 Å². The SMILES string of the molecule is CC(NC(=O)NCCCc1ccccc1)C1CCCO1. The number of hydrogen-bond donors (Lipinski definition) is 2. The molecule has 2 N–H and O–H groups in total. The fraction of sp³-hybridized carbons (Fsp3) is 0.562. The van der Waals surface area contributed by atoms with Gasteiger partial charge in [0.05, 0.1) is 12.1 Å². The Hall–Kier alpha value is -1.55. The highest BCUT2D eigenvalue weighted by atomic mass is 16.5. The van der Waals surface area contributed by atoms with E-state index in [1.54, 1.807) is 0 Å². The summed E-state index contributed by atoms with van der Waals surface area (Å²) in [6.45, 7) is 3.51. The largest absolute Gasteiger partial charge is 0.376 e. The Morgan fingerprint density at radius 3 is 2.90 bits per heavy atom. The standard InChI is InChI=1S/C16H24N2O2/c1-13(15-10-6-12-20-15)18-16(19)17-11-5-9-14-7-3-2-4-8-14/h2-4,7-8,13,15H,5-6,9-12H2,1H3,(H2,17,18,19). The summed E-state index contributed by atoms with van der Waals surface area (Å²) in [6, 6.07) is 10.3. The Morgan fingerprint density at radius 2 is 2.20 bits per heavy atom. The van der Waals surface area contributed by atoms with E-state index in [1.165, 1.54) is 5.56 Å². The third-order valence-corrected chi connectivity index (χ3v) is 3.65. The molecule has 2 atom stereocenters. The second-order valence-corrected chi connectivity index (χ2v) is 5.33. The van der Waals surface area contributed by atoms with Gasteiger partial charge in [-0.25, -0.2) is 4.79 Å². The molecule has 1 aliphatic rings. The van der Waals surface area contributed by atoms with Gasteiger partial charge in [0.25, 0.3) is 0 Å². The predicted molar refractivity (Wildman–Crippen MR) is 79.7 cm³/mol. The number of nitrogens with one attached hydrogen (secondary N) is 2. The normalized spacial score (nSPS) is 19.6. The van der Waals surface area contributed by atoms with E-state index in [4.69, 9.17) is 4.74 Å². The Bertz CT molecular complexity index is 402. The first kappa shape index (κ1) is 14.9. The molecule has 1 heterocycles. The number of rotatable bonds is 6. The van der Waals surface area contributed by atoms with E-state index in [9.17, 15) is 4.79 Å². The minimum absolute atomic E-state index is 0.0756. The first-order valence-electron chi connectivity index (χ1n) is 7.45. The lowest BCUT2D eigenvalue weighted by molar-refractivity contribution is 0.0860. The van der Waals surface area contributed by atoms with Crippen LogP contribution < -0.4 is 10.6 Å². The van der Waals surface area contributed by atoms with Gasteiger partial charge < -0.3 is 15.4 Å². The molecule has 0 radical (unpaired) electrons. The van der Waals surface area contributed by atoms with E-state index in [0.29, 0.717) is 6.54 Å². The summed E-state index contributed by atoms with van der Waals surface area (Å²) in [5.41, 5.74) is 1.31. The highest BCUT2D eigenvalue weighted by Gasteiger charge is 2.23. The van der Waals surface area contributed by atoms with Crippen molar-refractivity contribution < 1.29 is 9.53 Å². The van der Waals surface area contributed by atoms with Crippen LogP contribution in [0.15, 0.2) is 30.3 Å². The van der Waals surface area contributed by atoms with Crippen LogP contribution in [-0.4, -0.2) is 31.3 Å². The van der Waals surface area contributed by atoms with Crippen LogP contribution in [0, 0.1) is 0 Å². The lowest BCUT2D eigenvalue weighted by Crippen LogP contribution is -2.46. The third-order valence-electron chi connectivity index (χ3n) is 3.65. The number of carbonyl (C=O) groups is 1. The Labute approximate surface area is 120 Å². The number of amides is 2. The zero-order chi connectivity index (χ0) is 14.2. The molecule has 1 fully saturated rings. The van der Waals surface area contributed by atoms with Gasteiger partial charge >= 0.3 is 6.03 Å². The predicted octanol–water partition coefficient (Wildman–Crippen LogP) is 2.49. The van der Waals surface area contributed by atoms with Crippen molar-refractivity contribution in [1.82, 2.24) is 10.6 Å². The van der Waals surface area contributed by atoms with E-state index in [1.807, 2.05) is 25.1 Å². The van der Waals surface area contributed by atoms with E-state index >= 15 is 0 Å². The van der Waals surface area contributed by atoms with Gasteiger partial charge in [-0.05, 0) is 38.2 Å². The van der Waals surface area contributed by atoms with Gasteiger partial charge in [-0.2, -0.15) is 0 Å². The summed E-state index contributed by atoms with van der Waals surface area (Å²) in [5, 5.41) is 5.85. The first-order valence-corrected chi connectivity index (χ1v) is 7.45. The van der Waals surface area contributed by atoms with E-state index in [0.717, 1.165) is 32.3 Å². The summed E-state index contributed by atoms with van der Waals surface area (Å²) < 4.78 is 5.56. The summed E-state index contributed by atoms with van der Waals surface area (Å²) >= 11 is 0. The molecule has 4 heteroatoms. The number of hydrogen-bond acceptors (Lipinski definition) is 2. The molecule has 0 aromatic heterocycles. The first-order chi connectivity index (χ1) is 9.75. The number of carbonyl (C=O) groups excluding carboxylic acids is 1. The van der Waals surface area contributed by atoms with E-state index in [-0.39, 0.29) is 18.2 Å². The van der Waals surface area contributed by atoms with Crippen molar-refractivity contribution in [2.75, 3.05) is 13.2 Å². The molecule has 0 aliphatic carbocycles. The van der Waals surface area contributed by atoms with Crippen LogP contribution in [0.2, 0.25) is 0 Å². The second kappa shape index (κ2) is 7.90. The third kappa shape index (κ3) is 4.85. The molecule has 0 spiro atoms. The van der Waals surface area contributed by atoms with Gasteiger partial charge in [-0.1, -0.05) is 30.3 Å². The molecule has 2 rings (SSSR count). The van der Waals surface area contributed by atoms with Crippen LogP contribution >= 0.6 is 0 Å². The number of urea groups is 1. The van der Waals surface area contributed by atoms with Crippen molar-refractivity contribution >= 4 is 6.03 Å². The minimum Gasteiger partial charge on any atom is -0.376 e. The highest BCUT2D eigenvalue weighted by molar-refractivity contribution is 5.74. The van der Waals surface area contributed by atoms with Gasteiger partial charge in [-0.3, -0.25) is 0 Å². The zero-order valence-electron chi connectivity index (χ0n) is 12.1. The monoisotopic (exact) mass is 276 g/mol. The van der Waals surface area contributed by atoms with Crippen LogP contribution in [0.25, 0.3) is 0 Å². The molecule has 1 aromatic carbocycles. The van der Waals surface area contributed by atoms with Crippen molar-refractivity contribution in [3.05, 3.63) is 35.9 Å². The molecular weight excluding hydrogens is 252 g/mol. The average molecular weight is 276 g/mol. The highest BCUT2D eigenvalue weighted by Crippen LogP contribution is 2.15. The number of benzene rings is 1. The second-order valence-electron chi connectivity index (χ2n) is 5.33. The molecule has 1 saturated heterocycles. The smallest absolute Gasteiger partial charge is 0.315 e. The van der Waals surface area contributed by atoms with Gasteiger partial charge in [0.2, 0.25) is 0 Å². The summed E-state index contributed by atoms with van der Waals surface area (Å²) in [5.74, 6) is 0. The van der Waals surface area contributed by atoms with Crippen molar-refractivity contribution in [1.29, 1.82) is 0 Å². The molecule has 110 valence electrons. The molecular formula is C16H24N2O2. The van der Waals surface area contributed by atoms with Crippen molar-refractivity contribution in [3.8, 4) is 0 Å². The Balaban J connectivity index is 1.58. The minimum atomic E-state index is -0.0962. The Morgan fingerprint density at radius 1 is 1.40 bits per heavy atom. The summed E-state index contributed by atoms with van der Waals surface area (Å²) in [6.07, 6.45) is 4.24. The van der Waals surface area contributed by atoms with Crippen molar-refractivity contribution in [2.45, 2.75) is 44.8 Å². The van der Waals surface area contributed by atoms with Crippen molar-refractivity contribution in [2.24, 2.45) is 0 Å². The Kier molecular flexibility index (Phi) is 5.87. The zero-order valence-corrected chi connectivity index (χ0v) is 12.1. The van der Waals surface area contributed by atoms with Gasteiger partial charge in [-0.15, -0.1) is 0 Å². The summed E-state index contributed by atoms with van der Waals surface area (Å²) in [4.78, 5) is 11.7. The molecule has 0 bridgehead atoms. The number of ether oxygens (including phenoxy) is 1. The van der Waals surface area contributed by atoms with Crippen LogP contribution in [0.5, 0.6) is 0 Å². The maximum absolute atomic E-state index is 11.7. The quantitative estimate of drug-likeness (QED) is 0.784. The van der Waals surface area contributed by atoms with Crippen LogP contribution in [-0.2, 0) is 11.2 Å². The lowest BCUT2D eigenvalue weighted by Gasteiger charge is -2.20. The molecule has 4 nitrogen and oxygen atoms in total. The number of aryl methyl sites for hydroxylation is 1. The van der Waals surface area contributed by atoms with Crippen LogP contribution in [0.3, 0.4) is 0 Å². The van der Waals surface area contributed by atoms with E-state index in [2.05, 4.69) is 22.8 Å². The molecule has 2 amide bonds. The molecule has 1 aliphatic heterocycles. The van der Waals surface area contributed by atoms with Gasteiger partial charge in [0.1, 0.15) is 0 Å². The maximum atomic E-state index is 11.7. The molecule has 0 saturated carbocycles. The molecule has 2 unspecified atom stereocenters. The maximum Gasteiger partial charge on any atom is 0.315 e. The van der Waals surface area contributed by atoms with Crippen LogP contribution in [0.1, 0.15) is 31.7 Å². The van der Waals surface area contributed by atoms with Gasteiger partial charge in [0, 0.05) is 13.2 Å². The fourth-order valence-corrected chi connectivity index (χ4v) is 2.49. The van der Waals surface area contributed by atoms with Gasteiger partial charge in [0.15, 0.2) is 0 Å². The summed E-state index contributed by atoms with van der Waals surface area (Å²) in [7, 11) is 0. The molecule has 20 heavy (non-hydrogen) atoms. The lowest BCUT2D eigenvalue weighted by atomic mass is 10.1. The van der Waals surface area contributed by atoms with Crippen molar-refractivity contribution in [3.63, 3.8) is 0 Å².